The van der Waals surface area contributed by atoms with E-state index in [4.69, 9.17) is 28.6 Å². The summed E-state index contributed by atoms with van der Waals surface area (Å²) in [4.78, 5) is 14.3. The standard InChI is InChI=1S/C16H18ClN3O2S3/c1-10-7-19(8-11(2)22-10)14(21)9-24-15-18-20(16(23)25-15)13-5-3-12(17)4-6-13/h3-6,10-11H,7-9H2,1-2H3/t10-,11-/m1/s1. The Morgan fingerprint density at radius 2 is 2.00 bits per heavy atom. The van der Waals surface area contributed by atoms with E-state index in [9.17, 15) is 4.79 Å². The van der Waals surface area contributed by atoms with Crippen LogP contribution < -0.4 is 0 Å². The molecule has 0 spiro atoms. The topological polar surface area (TPSA) is 47.4 Å². The molecule has 1 aliphatic heterocycles. The van der Waals surface area contributed by atoms with Crippen molar-refractivity contribution in [3.63, 3.8) is 0 Å². The van der Waals surface area contributed by atoms with E-state index in [-0.39, 0.29) is 18.1 Å². The number of rotatable bonds is 4. The monoisotopic (exact) mass is 415 g/mol. The minimum Gasteiger partial charge on any atom is -0.372 e. The van der Waals surface area contributed by atoms with Crippen molar-refractivity contribution in [1.29, 1.82) is 0 Å². The fourth-order valence-electron chi connectivity index (χ4n) is 2.66. The van der Waals surface area contributed by atoms with E-state index in [0.717, 1.165) is 10.0 Å². The maximum Gasteiger partial charge on any atom is 0.233 e. The maximum atomic E-state index is 12.4. The predicted octanol–water partition coefficient (Wildman–Crippen LogP) is 4.04. The molecule has 2 aromatic rings. The van der Waals surface area contributed by atoms with Gasteiger partial charge in [0.1, 0.15) is 0 Å². The third-order valence-electron chi connectivity index (χ3n) is 3.69. The number of benzene rings is 1. The summed E-state index contributed by atoms with van der Waals surface area (Å²) in [6, 6.07) is 7.34. The van der Waals surface area contributed by atoms with Gasteiger partial charge in [0, 0.05) is 18.1 Å². The van der Waals surface area contributed by atoms with E-state index in [1.807, 2.05) is 30.9 Å². The lowest BCUT2D eigenvalue weighted by atomic mass is 10.2. The minimum atomic E-state index is 0.0730. The maximum absolute atomic E-state index is 12.4. The Balaban J connectivity index is 1.64. The van der Waals surface area contributed by atoms with Crippen LogP contribution in [0, 0.1) is 3.95 Å². The Morgan fingerprint density at radius 3 is 2.64 bits per heavy atom. The molecule has 3 rings (SSSR count). The molecule has 1 saturated heterocycles. The number of aromatic nitrogens is 2. The van der Waals surface area contributed by atoms with Crippen LogP contribution in [-0.4, -0.2) is 51.6 Å². The number of hydrogen-bond donors (Lipinski definition) is 0. The summed E-state index contributed by atoms with van der Waals surface area (Å²) < 4.78 is 8.79. The summed E-state index contributed by atoms with van der Waals surface area (Å²) in [5, 5.41) is 5.18. The summed E-state index contributed by atoms with van der Waals surface area (Å²) in [6.07, 6.45) is 0.146. The summed E-state index contributed by atoms with van der Waals surface area (Å²) >= 11 is 14.1. The van der Waals surface area contributed by atoms with Crippen molar-refractivity contribution in [2.45, 2.75) is 30.4 Å². The molecule has 2 atom stereocenters. The molecule has 1 fully saturated rings. The summed E-state index contributed by atoms with van der Waals surface area (Å²) in [7, 11) is 0. The third kappa shape index (κ3) is 4.83. The van der Waals surface area contributed by atoms with Crippen LogP contribution in [0.3, 0.4) is 0 Å². The molecule has 2 heterocycles. The van der Waals surface area contributed by atoms with E-state index in [1.54, 1.807) is 16.8 Å². The Hall–Kier alpha value is -0.930. The number of thioether (sulfide) groups is 1. The molecule has 1 aromatic heterocycles. The summed E-state index contributed by atoms with van der Waals surface area (Å²) in [5.41, 5.74) is 0.861. The molecule has 0 bridgehead atoms. The number of ether oxygens (including phenoxy) is 1. The van der Waals surface area contributed by atoms with Crippen LogP contribution in [0.5, 0.6) is 0 Å². The second-order valence-electron chi connectivity index (χ2n) is 5.87. The van der Waals surface area contributed by atoms with Crippen LogP contribution >= 0.6 is 46.9 Å². The average Bonchev–Trinajstić information content (AvgIpc) is 2.93. The first-order chi connectivity index (χ1) is 11.9. The van der Waals surface area contributed by atoms with Crippen molar-refractivity contribution < 1.29 is 9.53 Å². The number of nitrogens with zero attached hydrogens (tertiary/aromatic N) is 3. The first-order valence-electron chi connectivity index (χ1n) is 7.84. The van der Waals surface area contributed by atoms with Gasteiger partial charge in [0.05, 0.1) is 23.6 Å². The van der Waals surface area contributed by atoms with Crippen LogP contribution in [-0.2, 0) is 9.53 Å². The molecule has 0 aliphatic carbocycles. The molecule has 1 aromatic carbocycles. The van der Waals surface area contributed by atoms with Gasteiger partial charge < -0.3 is 9.64 Å². The van der Waals surface area contributed by atoms with Crippen molar-refractivity contribution in [2.75, 3.05) is 18.8 Å². The molecule has 0 saturated carbocycles. The second kappa shape index (κ2) is 8.18. The van der Waals surface area contributed by atoms with Gasteiger partial charge in [-0.15, -0.1) is 5.10 Å². The molecular formula is C16H18ClN3O2S3. The Labute approximate surface area is 164 Å². The largest absolute Gasteiger partial charge is 0.372 e. The number of hydrogen-bond acceptors (Lipinski definition) is 6. The summed E-state index contributed by atoms with van der Waals surface area (Å²) in [6.45, 7) is 5.25. The molecule has 0 N–H and O–H groups in total. The zero-order chi connectivity index (χ0) is 18.0. The first kappa shape index (κ1) is 18.8. The van der Waals surface area contributed by atoms with Crippen molar-refractivity contribution in [2.24, 2.45) is 0 Å². The van der Waals surface area contributed by atoms with Crippen LogP contribution in [0.1, 0.15) is 13.8 Å². The van der Waals surface area contributed by atoms with E-state index < -0.39 is 0 Å². The zero-order valence-corrected chi connectivity index (χ0v) is 17.1. The van der Waals surface area contributed by atoms with Crippen molar-refractivity contribution in [3.8, 4) is 5.69 Å². The normalized spacial score (nSPS) is 20.7. The van der Waals surface area contributed by atoms with Crippen molar-refractivity contribution in [1.82, 2.24) is 14.7 Å². The highest BCUT2D eigenvalue weighted by atomic mass is 35.5. The molecule has 1 aliphatic rings. The van der Waals surface area contributed by atoms with E-state index in [0.29, 0.717) is 27.8 Å². The van der Waals surface area contributed by atoms with Crippen LogP contribution in [0.25, 0.3) is 5.69 Å². The Bertz CT molecular complexity index is 796. The predicted molar refractivity (Wildman–Crippen MR) is 105 cm³/mol. The van der Waals surface area contributed by atoms with Crippen LogP contribution in [0.4, 0.5) is 0 Å². The zero-order valence-electron chi connectivity index (χ0n) is 13.8. The quantitative estimate of drug-likeness (QED) is 0.557. The second-order valence-corrected chi connectivity index (χ2v) is 9.15. The van der Waals surface area contributed by atoms with Crippen molar-refractivity contribution >= 4 is 52.8 Å². The van der Waals surface area contributed by atoms with Gasteiger partial charge in [0.25, 0.3) is 0 Å². The Kier molecular flexibility index (Phi) is 6.17. The molecule has 0 radical (unpaired) electrons. The fraction of sp³-hybridized carbons (Fsp3) is 0.438. The molecule has 0 unspecified atom stereocenters. The highest BCUT2D eigenvalue weighted by Crippen LogP contribution is 2.25. The molecular weight excluding hydrogens is 398 g/mol. The van der Waals surface area contributed by atoms with Gasteiger partial charge >= 0.3 is 0 Å². The SMILES string of the molecule is C[C@@H]1CN(C(=O)CSc2nn(-c3ccc(Cl)cc3)c(=S)s2)C[C@@H](C)O1. The van der Waals surface area contributed by atoms with E-state index >= 15 is 0 Å². The fourth-order valence-corrected chi connectivity index (χ4v) is 5.05. The smallest absolute Gasteiger partial charge is 0.233 e. The lowest BCUT2D eigenvalue weighted by molar-refractivity contribution is -0.140. The number of halogens is 1. The molecule has 5 nitrogen and oxygen atoms in total. The van der Waals surface area contributed by atoms with Gasteiger partial charge in [-0.3, -0.25) is 4.79 Å². The highest BCUT2D eigenvalue weighted by Gasteiger charge is 2.25. The third-order valence-corrected chi connectivity index (χ3v) is 6.29. The minimum absolute atomic E-state index is 0.0730. The molecule has 1 amide bonds. The number of carbonyl (C=O) groups is 1. The van der Waals surface area contributed by atoms with Crippen LogP contribution in [0.15, 0.2) is 28.6 Å². The first-order valence-corrected chi connectivity index (χ1v) is 10.4. The number of carbonyl (C=O) groups excluding carboxylic acids is 1. The highest BCUT2D eigenvalue weighted by molar-refractivity contribution is 8.01. The van der Waals surface area contributed by atoms with Gasteiger partial charge in [-0.1, -0.05) is 34.7 Å². The number of amides is 1. The van der Waals surface area contributed by atoms with Gasteiger partial charge in [-0.05, 0) is 50.3 Å². The van der Waals surface area contributed by atoms with Crippen LogP contribution in [0.2, 0.25) is 5.02 Å². The lowest BCUT2D eigenvalue weighted by Gasteiger charge is -2.35. The number of morpholine rings is 1. The average molecular weight is 416 g/mol. The summed E-state index contributed by atoms with van der Waals surface area (Å²) in [5.74, 6) is 0.452. The Morgan fingerprint density at radius 1 is 1.36 bits per heavy atom. The van der Waals surface area contributed by atoms with Gasteiger partial charge in [-0.25, -0.2) is 4.68 Å². The lowest BCUT2D eigenvalue weighted by Crippen LogP contribution is -2.48. The molecule has 25 heavy (non-hydrogen) atoms. The van der Waals surface area contributed by atoms with E-state index in [2.05, 4.69) is 5.10 Å². The van der Waals surface area contributed by atoms with Gasteiger partial charge in [-0.2, -0.15) is 0 Å². The van der Waals surface area contributed by atoms with Gasteiger partial charge in [0.2, 0.25) is 5.91 Å². The van der Waals surface area contributed by atoms with Crippen molar-refractivity contribution in [3.05, 3.63) is 33.2 Å². The molecule has 134 valence electrons. The van der Waals surface area contributed by atoms with Gasteiger partial charge in [0.15, 0.2) is 8.29 Å². The van der Waals surface area contributed by atoms with E-state index in [1.165, 1.54) is 23.1 Å². The molecule has 9 heteroatoms.